The summed E-state index contributed by atoms with van der Waals surface area (Å²) in [4.78, 5) is 14.2. The summed E-state index contributed by atoms with van der Waals surface area (Å²) in [5, 5.41) is 0. The average molecular weight is 288 g/mol. The number of piperidine rings is 1. The highest BCUT2D eigenvalue weighted by Crippen LogP contribution is 2.20. The van der Waals surface area contributed by atoms with E-state index in [1.807, 2.05) is 42.2 Å². The number of nitrogens with zero attached hydrogens (tertiary/aromatic N) is 1. The van der Waals surface area contributed by atoms with E-state index >= 15 is 0 Å². The number of ether oxygens (including phenoxy) is 1. The first kappa shape index (κ1) is 15.6. The molecule has 1 heterocycles. The van der Waals surface area contributed by atoms with Gasteiger partial charge in [0.05, 0.1) is 6.61 Å². The highest BCUT2D eigenvalue weighted by molar-refractivity contribution is 5.92. The number of amides is 1. The molecular formula is C17H24N2O2. The van der Waals surface area contributed by atoms with Crippen LogP contribution in [0, 0.1) is 0 Å². The third-order valence-electron chi connectivity index (χ3n) is 3.82. The molecule has 1 aliphatic heterocycles. The molecule has 2 rings (SSSR count). The summed E-state index contributed by atoms with van der Waals surface area (Å²) in [6.07, 6.45) is 5.20. The van der Waals surface area contributed by atoms with Crippen LogP contribution in [0.3, 0.4) is 0 Å². The van der Waals surface area contributed by atoms with Gasteiger partial charge in [-0.1, -0.05) is 18.2 Å². The second kappa shape index (κ2) is 7.27. The van der Waals surface area contributed by atoms with Gasteiger partial charge < -0.3 is 15.4 Å². The summed E-state index contributed by atoms with van der Waals surface area (Å²) >= 11 is 0. The maximum Gasteiger partial charge on any atom is 0.246 e. The molecule has 1 aromatic carbocycles. The minimum atomic E-state index is 0.0423. The molecule has 0 spiro atoms. The molecule has 1 amide bonds. The molecule has 4 heteroatoms. The van der Waals surface area contributed by atoms with Gasteiger partial charge in [-0.15, -0.1) is 0 Å². The van der Waals surface area contributed by atoms with Crippen LogP contribution in [0.4, 0.5) is 0 Å². The van der Waals surface area contributed by atoms with Crippen molar-refractivity contribution in [2.45, 2.75) is 38.8 Å². The second-order valence-corrected chi connectivity index (χ2v) is 5.47. The number of likely N-dealkylation sites (tertiary alicyclic amines) is 1. The van der Waals surface area contributed by atoms with Gasteiger partial charge in [0, 0.05) is 30.3 Å². The number of carbonyl (C=O) groups is 1. The van der Waals surface area contributed by atoms with Crippen molar-refractivity contribution in [2.75, 3.05) is 13.2 Å². The van der Waals surface area contributed by atoms with E-state index in [1.165, 1.54) is 0 Å². The normalized spacial score (nSPS) is 22.5. The molecular weight excluding hydrogens is 264 g/mol. The van der Waals surface area contributed by atoms with Crippen LogP contribution >= 0.6 is 0 Å². The first-order valence-electron chi connectivity index (χ1n) is 7.58. The van der Waals surface area contributed by atoms with Crippen LogP contribution in [0.5, 0.6) is 5.75 Å². The molecule has 1 fully saturated rings. The number of rotatable bonds is 4. The molecule has 1 saturated heterocycles. The van der Waals surface area contributed by atoms with E-state index in [2.05, 4.69) is 6.92 Å². The predicted octanol–water partition coefficient (Wildman–Crippen LogP) is 2.44. The first-order chi connectivity index (χ1) is 10.1. The fourth-order valence-corrected chi connectivity index (χ4v) is 2.70. The van der Waals surface area contributed by atoms with Crippen molar-refractivity contribution < 1.29 is 9.53 Å². The summed E-state index contributed by atoms with van der Waals surface area (Å²) in [5.74, 6) is 0.846. The van der Waals surface area contributed by atoms with Crippen molar-refractivity contribution in [2.24, 2.45) is 5.73 Å². The van der Waals surface area contributed by atoms with E-state index in [1.54, 1.807) is 6.08 Å². The van der Waals surface area contributed by atoms with Crippen LogP contribution < -0.4 is 10.5 Å². The minimum absolute atomic E-state index is 0.0423. The third-order valence-corrected chi connectivity index (χ3v) is 3.82. The monoisotopic (exact) mass is 288 g/mol. The van der Waals surface area contributed by atoms with Crippen LogP contribution in [0.2, 0.25) is 0 Å². The number of hydrogen-bond donors (Lipinski definition) is 1. The Morgan fingerprint density at radius 1 is 1.48 bits per heavy atom. The van der Waals surface area contributed by atoms with Gasteiger partial charge in [-0.05, 0) is 38.8 Å². The SMILES string of the molecule is CCOc1ccccc1/C=C/C(=O)N1CCC(N)CC1C. The lowest BCUT2D eigenvalue weighted by Gasteiger charge is -2.35. The maximum absolute atomic E-state index is 12.3. The lowest BCUT2D eigenvalue weighted by atomic mass is 9.99. The van der Waals surface area contributed by atoms with Crippen LogP contribution in [0.25, 0.3) is 6.08 Å². The smallest absolute Gasteiger partial charge is 0.246 e. The van der Waals surface area contributed by atoms with Crippen molar-refractivity contribution in [1.29, 1.82) is 0 Å². The van der Waals surface area contributed by atoms with Crippen molar-refractivity contribution in [3.05, 3.63) is 35.9 Å². The van der Waals surface area contributed by atoms with E-state index in [9.17, 15) is 4.79 Å². The number of para-hydroxylation sites is 1. The van der Waals surface area contributed by atoms with E-state index < -0.39 is 0 Å². The number of nitrogens with two attached hydrogens (primary N) is 1. The van der Waals surface area contributed by atoms with Crippen molar-refractivity contribution in [1.82, 2.24) is 4.90 Å². The zero-order valence-electron chi connectivity index (χ0n) is 12.8. The molecule has 2 unspecified atom stereocenters. The van der Waals surface area contributed by atoms with E-state index in [4.69, 9.17) is 10.5 Å². The summed E-state index contributed by atoms with van der Waals surface area (Å²) in [6, 6.07) is 8.15. The fraction of sp³-hybridized carbons (Fsp3) is 0.471. The van der Waals surface area contributed by atoms with E-state index in [-0.39, 0.29) is 18.0 Å². The Morgan fingerprint density at radius 2 is 2.24 bits per heavy atom. The Balaban J connectivity index is 2.05. The van der Waals surface area contributed by atoms with Gasteiger partial charge in [0.2, 0.25) is 5.91 Å². The highest BCUT2D eigenvalue weighted by atomic mass is 16.5. The number of carbonyl (C=O) groups excluding carboxylic acids is 1. The summed E-state index contributed by atoms with van der Waals surface area (Å²) in [7, 11) is 0. The zero-order chi connectivity index (χ0) is 15.2. The van der Waals surface area contributed by atoms with Crippen LogP contribution in [-0.2, 0) is 4.79 Å². The Bertz CT molecular complexity index is 513. The Morgan fingerprint density at radius 3 is 2.95 bits per heavy atom. The number of hydrogen-bond acceptors (Lipinski definition) is 3. The Hall–Kier alpha value is -1.81. The molecule has 2 N–H and O–H groups in total. The minimum Gasteiger partial charge on any atom is -0.493 e. The topological polar surface area (TPSA) is 55.6 Å². The van der Waals surface area contributed by atoms with Gasteiger partial charge in [0.15, 0.2) is 0 Å². The third kappa shape index (κ3) is 4.08. The standard InChI is InChI=1S/C17H24N2O2/c1-3-21-16-7-5-4-6-14(16)8-9-17(20)19-11-10-15(18)12-13(19)2/h4-9,13,15H,3,10-12,18H2,1-2H3/b9-8+. The quantitative estimate of drug-likeness (QED) is 0.866. The van der Waals surface area contributed by atoms with Gasteiger partial charge in [-0.25, -0.2) is 0 Å². The molecule has 21 heavy (non-hydrogen) atoms. The largest absolute Gasteiger partial charge is 0.493 e. The molecule has 1 aliphatic rings. The molecule has 2 atom stereocenters. The van der Waals surface area contributed by atoms with Crippen LogP contribution in [0.1, 0.15) is 32.3 Å². The molecule has 0 bridgehead atoms. The Labute approximate surface area is 126 Å². The van der Waals surface area contributed by atoms with E-state index in [0.29, 0.717) is 6.61 Å². The first-order valence-corrected chi connectivity index (χ1v) is 7.58. The zero-order valence-corrected chi connectivity index (χ0v) is 12.8. The second-order valence-electron chi connectivity index (χ2n) is 5.47. The van der Waals surface area contributed by atoms with Gasteiger partial charge in [0.25, 0.3) is 0 Å². The fourth-order valence-electron chi connectivity index (χ4n) is 2.70. The average Bonchev–Trinajstić information content (AvgIpc) is 2.46. The summed E-state index contributed by atoms with van der Waals surface area (Å²) < 4.78 is 5.56. The van der Waals surface area contributed by atoms with Gasteiger partial charge in [-0.3, -0.25) is 4.79 Å². The lowest BCUT2D eigenvalue weighted by Crippen LogP contribution is -2.47. The van der Waals surface area contributed by atoms with Crippen molar-refractivity contribution in [3.63, 3.8) is 0 Å². The maximum atomic E-state index is 12.3. The predicted molar refractivity (Wildman–Crippen MR) is 85.0 cm³/mol. The molecule has 1 aromatic rings. The van der Waals surface area contributed by atoms with E-state index in [0.717, 1.165) is 30.7 Å². The molecule has 0 radical (unpaired) electrons. The highest BCUT2D eigenvalue weighted by Gasteiger charge is 2.25. The van der Waals surface area contributed by atoms with Crippen LogP contribution in [-0.4, -0.2) is 36.0 Å². The Kier molecular flexibility index (Phi) is 5.39. The van der Waals surface area contributed by atoms with Gasteiger partial charge in [-0.2, -0.15) is 0 Å². The lowest BCUT2D eigenvalue weighted by molar-refractivity contribution is -0.129. The van der Waals surface area contributed by atoms with Gasteiger partial charge >= 0.3 is 0 Å². The van der Waals surface area contributed by atoms with Gasteiger partial charge in [0.1, 0.15) is 5.75 Å². The van der Waals surface area contributed by atoms with Crippen LogP contribution in [0.15, 0.2) is 30.3 Å². The molecule has 114 valence electrons. The molecule has 0 saturated carbocycles. The number of benzene rings is 1. The molecule has 4 nitrogen and oxygen atoms in total. The summed E-state index contributed by atoms with van der Waals surface area (Å²) in [6.45, 7) is 5.35. The van der Waals surface area contributed by atoms with Crippen molar-refractivity contribution in [3.8, 4) is 5.75 Å². The molecule has 0 aromatic heterocycles. The molecule has 0 aliphatic carbocycles. The van der Waals surface area contributed by atoms with Crippen molar-refractivity contribution >= 4 is 12.0 Å². The summed E-state index contributed by atoms with van der Waals surface area (Å²) in [5.41, 5.74) is 6.86.